The number of hydrogen-bond acceptors (Lipinski definition) is 2. The van der Waals surface area contributed by atoms with E-state index in [1.165, 1.54) is 16.3 Å². The Morgan fingerprint density at radius 3 is 2.71 bits per heavy atom. The quantitative estimate of drug-likeness (QED) is 0.723. The fourth-order valence-electron chi connectivity index (χ4n) is 2.75. The number of aromatic nitrogens is 2. The van der Waals surface area contributed by atoms with Crippen LogP contribution < -0.4 is 5.32 Å². The predicted octanol–water partition coefficient (Wildman–Crippen LogP) is 4.19. The number of benzene rings is 2. The zero-order chi connectivity index (χ0) is 17.1. The fraction of sp³-hybridized carbons (Fsp3) is 0.263. The van der Waals surface area contributed by atoms with Gasteiger partial charge in [-0.15, -0.1) is 0 Å². The first kappa shape index (κ1) is 16.5. The molecule has 5 heteroatoms. The van der Waals surface area contributed by atoms with Crippen molar-refractivity contribution in [3.63, 3.8) is 0 Å². The molecule has 0 aliphatic carbocycles. The second kappa shape index (κ2) is 7.01. The molecule has 24 heavy (non-hydrogen) atoms. The van der Waals surface area contributed by atoms with Crippen LogP contribution in [0.2, 0.25) is 0 Å². The molecule has 4 nitrogen and oxygen atoms in total. The van der Waals surface area contributed by atoms with Gasteiger partial charge in [-0.3, -0.25) is 4.68 Å². The summed E-state index contributed by atoms with van der Waals surface area (Å²) in [7, 11) is 2.00. The summed E-state index contributed by atoms with van der Waals surface area (Å²) >= 11 is 5.59. The van der Waals surface area contributed by atoms with Crippen LogP contribution in [0.5, 0.6) is 0 Å². The highest BCUT2D eigenvalue weighted by Gasteiger charge is 2.11. The highest BCUT2D eigenvalue weighted by atomic mass is 32.1. The molecule has 0 aliphatic heterocycles. The van der Waals surface area contributed by atoms with Crippen LogP contribution >= 0.6 is 12.2 Å². The van der Waals surface area contributed by atoms with E-state index in [0.29, 0.717) is 5.11 Å². The van der Waals surface area contributed by atoms with Gasteiger partial charge in [0.25, 0.3) is 0 Å². The van der Waals surface area contributed by atoms with Gasteiger partial charge in [0.2, 0.25) is 0 Å². The van der Waals surface area contributed by atoms with E-state index in [1.54, 1.807) is 0 Å². The Kier molecular flexibility index (Phi) is 4.81. The smallest absolute Gasteiger partial charge is 0.173 e. The van der Waals surface area contributed by atoms with E-state index >= 15 is 0 Å². The average molecular weight is 338 g/mol. The summed E-state index contributed by atoms with van der Waals surface area (Å²) < 4.78 is 1.96. The Balaban J connectivity index is 1.75. The third-order valence-corrected chi connectivity index (χ3v) is 4.57. The molecule has 0 radical (unpaired) electrons. The van der Waals surface area contributed by atoms with Gasteiger partial charge in [0, 0.05) is 43.0 Å². The van der Waals surface area contributed by atoms with E-state index in [0.717, 1.165) is 24.5 Å². The average Bonchev–Trinajstić information content (AvgIpc) is 2.95. The molecule has 0 saturated carbocycles. The van der Waals surface area contributed by atoms with Crippen molar-refractivity contribution in [1.29, 1.82) is 0 Å². The Hall–Kier alpha value is -2.40. The molecule has 0 aliphatic rings. The van der Waals surface area contributed by atoms with Crippen LogP contribution in [0.1, 0.15) is 18.2 Å². The molecule has 2 aromatic carbocycles. The van der Waals surface area contributed by atoms with Gasteiger partial charge >= 0.3 is 0 Å². The zero-order valence-electron chi connectivity index (χ0n) is 14.3. The molecule has 0 fully saturated rings. The van der Waals surface area contributed by atoms with Crippen LogP contribution in [0, 0.1) is 6.92 Å². The molecule has 1 N–H and O–H groups in total. The minimum atomic E-state index is 0.704. The maximum Gasteiger partial charge on any atom is 0.173 e. The predicted molar refractivity (Wildman–Crippen MR) is 104 cm³/mol. The monoisotopic (exact) mass is 338 g/mol. The zero-order valence-corrected chi connectivity index (χ0v) is 15.1. The summed E-state index contributed by atoms with van der Waals surface area (Å²) in [6.45, 7) is 5.74. The van der Waals surface area contributed by atoms with Crippen molar-refractivity contribution in [2.24, 2.45) is 0 Å². The first-order valence-corrected chi connectivity index (χ1v) is 8.52. The standard InChI is InChI=1S/C19H22N4S/c1-4-23-13-16(14(2)21-23)12-22(3)19(24)20-18-11-7-9-15-8-5-6-10-17(15)18/h5-11,13H,4,12H2,1-3H3,(H,20,24). The largest absolute Gasteiger partial charge is 0.348 e. The summed E-state index contributed by atoms with van der Waals surface area (Å²) in [6, 6.07) is 14.5. The number of hydrogen-bond donors (Lipinski definition) is 1. The van der Waals surface area contributed by atoms with Crippen LogP contribution in [0.3, 0.4) is 0 Å². The van der Waals surface area contributed by atoms with E-state index in [2.05, 4.69) is 47.8 Å². The lowest BCUT2D eigenvalue weighted by molar-refractivity contribution is 0.506. The van der Waals surface area contributed by atoms with Crippen LogP contribution in [-0.4, -0.2) is 26.8 Å². The number of nitrogens with one attached hydrogen (secondary N) is 1. The van der Waals surface area contributed by atoms with Crippen LogP contribution in [0.25, 0.3) is 10.8 Å². The van der Waals surface area contributed by atoms with Gasteiger partial charge in [-0.2, -0.15) is 5.10 Å². The van der Waals surface area contributed by atoms with E-state index in [9.17, 15) is 0 Å². The second-order valence-corrected chi connectivity index (χ2v) is 6.30. The third-order valence-electron chi connectivity index (χ3n) is 4.16. The highest BCUT2D eigenvalue weighted by Crippen LogP contribution is 2.23. The van der Waals surface area contributed by atoms with Crippen molar-refractivity contribution >= 4 is 33.8 Å². The van der Waals surface area contributed by atoms with E-state index in [-0.39, 0.29) is 0 Å². The number of thiocarbonyl (C=S) groups is 1. The van der Waals surface area contributed by atoms with Crippen molar-refractivity contribution in [3.8, 4) is 0 Å². The molecule has 1 aromatic heterocycles. The van der Waals surface area contributed by atoms with Gasteiger partial charge in [-0.05, 0) is 37.5 Å². The molecule has 3 rings (SSSR count). The fourth-order valence-corrected chi connectivity index (χ4v) is 2.92. The lowest BCUT2D eigenvalue weighted by atomic mass is 10.1. The second-order valence-electron chi connectivity index (χ2n) is 5.91. The molecule has 0 unspecified atom stereocenters. The normalized spacial score (nSPS) is 10.8. The summed E-state index contributed by atoms with van der Waals surface area (Å²) in [5.41, 5.74) is 3.28. The Labute approximate surface area is 148 Å². The van der Waals surface area contributed by atoms with E-state index < -0.39 is 0 Å². The van der Waals surface area contributed by atoms with Crippen LogP contribution in [0.15, 0.2) is 48.7 Å². The Morgan fingerprint density at radius 2 is 1.96 bits per heavy atom. The van der Waals surface area contributed by atoms with Gasteiger partial charge in [0.1, 0.15) is 0 Å². The molecule has 0 spiro atoms. The lowest BCUT2D eigenvalue weighted by Gasteiger charge is -2.21. The minimum absolute atomic E-state index is 0.704. The molecule has 0 amide bonds. The molecular weight excluding hydrogens is 316 g/mol. The van der Waals surface area contributed by atoms with Crippen molar-refractivity contribution in [3.05, 3.63) is 59.9 Å². The summed E-state index contributed by atoms with van der Waals surface area (Å²) in [5, 5.41) is 10.9. The van der Waals surface area contributed by atoms with Gasteiger partial charge in [-0.1, -0.05) is 36.4 Å². The number of nitrogens with zero attached hydrogens (tertiary/aromatic N) is 3. The molecular formula is C19H22N4S. The van der Waals surface area contributed by atoms with Crippen molar-refractivity contribution < 1.29 is 0 Å². The number of fused-ring (bicyclic) bond motifs is 1. The van der Waals surface area contributed by atoms with E-state index in [1.807, 2.05) is 41.8 Å². The summed E-state index contributed by atoms with van der Waals surface area (Å²) in [6.07, 6.45) is 2.09. The van der Waals surface area contributed by atoms with Crippen LogP contribution in [0.4, 0.5) is 5.69 Å². The molecule has 124 valence electrons. The van der Waals surface area contributed by atoms with Crippen molar-refractivity contribution in [2.45, 2.75) is 26.9 Å². The molecule has 3 aromatic rings. The maximum atomic E-state index is 5.59. The molecule has 0 bridgehead atoms. The molecule has 1 heterocycles. The lowest BCUT2D eigenvalue weighted by Crippen LogP contribution is -2.30. The SMILES string of the molecule is CCn1cc(CN(C)C(=S)Nc2cccc3ccccc23)c(C)n1. The van der Waals surface area contributed by atoms with Gasteiger partial charge in [-0.25, -0.2) is 0 Å². The first-order chi connectivity index (χ1) is 11.6. The highest BCUT2D eigenvalue weighted by molar-refractivity contribution is 7.80. The van der Waals surface area contributed by atoms with Crippen molar-refractivity contribution in [1.82, 2.24) is 14.7 Å². The van der Waals surface area contributed by atoms with Gasteiger partial charge in [0.15, 0.2) is 5.11 Å². The molecule has 0 saturated heterocycles. The topological polar surface area (TPSA) is 33.1 Å². The summed E-state index contributed by atoms with van der Waals surface area (Å²) in [4.78, 5) is 2.04. The number of anilines is 1. The Bertz CT molecular complexity index is 863. The third kappa shape index (κ3) is 3.41. The van der Waals surface area contributed by atoms with Crippen molar-refractivity contribution in [2.75, 3.05) is 12.4 Å². The van der Waals surface area contributed by atoms with E-state index in [4.69, 9.17) is 12.2 Å². The van der Waals surface area contributed by atoms with Crippen LogP contribution in [-0.2, 0) is 13.1 Å². The van der Waals surface area contributed by atoms with Gasteiger partial charge < -0.3 is 10.2 Å². The first-order valence-electron chi connectivity index (χ1n) is 8.11. The summed E-state index contributed by atoms with van der Waals surface area (Å²) in [5.74, 6) is 0. The molecule has 0 atom stereocenters. The minimum Gasteiger partial charge on any atom is -0.348 e. The number of rotatable bonds is 4. The number of aryl methyl sites for hydroxylation is 2. The Morgan fingerprint density at radius 1 is 1.21 bits per heavy atom. The maximum absolute atomic E-state index is 5.59. The van der Waals surface area contributed by atoms with Gasteiger partial charge in [0.05, 0.1) is 5.69 Å².